The molecule has 0 aromatic heterocycles. The maximum Gasteiger partial charge on any atom is 0.00891 e. The lowest BCUT2D eigenvalue weighted by Gasteiger charge is -2.24. The van der Waals surface area contributed by atoms with Crippen LogP contribution < -0.4 is 0 Å². The van der Waals surface area contributed by atoms with Crippen LogP contribution in [0.1, 0.15) is 194 Å². The van der Waals surface area contributed by atoms with E-state index in [-0.39, 0.29) is 0 Å². The summed E-state index contributed by atoms with van der Waals surface area (Å²) >= 11 is 0. The van der Waals surface area contributed by atoms with Crippen molar-refractivity contribution in [3.05, 3.63) is 12.2 Å². The molecule has 0 aliphatic rings. The smallest absolute Gasteiger partial charge is 0.00891 e. The standard InChI is InChI=1S/C35H71N/c1-5-7-9-11-13-14-15-16-17-18-19-20-21-22-23-24-25-26-28-30-32-34-35(36(3)4)33-31-29-27-12-10-8-6-2/h16-17,35H,5-15,18-34H2,1-4H3/b17-16-. The van der Waals surface area contributed by atoms with Gasteiger partial charge in [-0.1, -0.05) is 167 Å². The van der Waals surface area contributed by atoms with Crippen molar-refractivity contribution in [2.45, 2.75) is 200 Å². The van der Waals surface area contributed by atoms with E-state index in [9.17, 15) is 0 Å². The van der Waals surface area contributed by atoms with Gasteiger partial charge in [0.05, 0.1) is 0 Å². The predicted molar refractivity (Wildman–Crippen MR) is 167 cm³/mol. The Morgan fingerprint density at radius 3 is 0.972 bits per heavy atom. The quantitative estimate of drug-likeness (QED) is 0.0692. The van der Waals surface area contributed by atoms with Crippen LogP contribution in [-0.2, 0) is 0 Å². The number of nitrogens with zero attached hydrogens (tertiary/aromatic N) is 1. The summed E-state index contributed by atoms with van der Waals surface area (Å²) in [6, 6.07) is 0.816. The van der Waals surface area contributed by atoms with E-state index in [0.29, 0.717) is 0 Å². The van der Waals surface area contributed by atoms with Gasteiger partial charge in [0.2, 0.25) is 0 Å². The molecule has 0 aromatic rings. The Morgan fingerprint density at radius 2 is 0.667 bits per heavy atom. The van der Waals surface area contributed by atoms with Gasteiger partial charge in [-0.3, -0.25) is 0 Å². The van der Waals surface area contributed by atoms with Gasteiger partial charge in [-0.15, -0.1) is 0 Å². The van der Waals surface area contributed by atoms with Crippen LogP contribution in [0.5, 0.6) is 0 Å². The number of unbranched alkanes of at least 4 members (excludes halogenated alkanes) is 23. The van der Waals surface area contributed by atoms with Crippen molar-refractivity contribution in [2.75, 3.05) is 14.1 Å². The molecule has 1 unspecified atom stereocenters. The topological polar surface area (TPSA) is 3.24 Å². The summed E-state index contributed by atoms with van der Waals surface area (Å²) in [5, 5.41) is 0. The van der Waals surface area contributed by atoms with Gasteiger partial charge in [-0.25, -0.2) is 0 Å². The van der Waals surface area contributed by atoms with E-state index in [1.54, 1.807) is 0 Å². The van der Waals surface area contributed by atoms with E-state index >= 15 is 0 Å². The highest BCUT2D eigenvalue weighted by atomic mass is 15.1. The molecule has 0 bridgehead atoms. The summed E-state index contributed by atoms with van der Waals surface area (Å²) in [7, 11) is 4.58. The molecule has 0 rings (SSSR count). The fraction of sp³-hybridized carbons (Fsp3) is 0.943. The van der Waals surface area contributed by atoms with Crippen molar-refractivity contribution >= 4 is 0 Å². The average molecular weight is 506 g/mol. The monoisotopic (exact) mass is 506 g/mol. The minimum absolute atomic E-state index is 0.816. The molecule has 216 valence electrons. The summed E-state index contributed by atoms with van der Waals surface area (Å²) in [6.07, 6.45) is 44.8. The zero-order valence-corrected chi connectivity index (χ0v) is 26.0. The highest BCUT2D eigenvalue weighted by Gasteiger charge is 2.10. The third-order valence-electron chi connectivity index (χ3n) is 8.17. The van der Waals surface area contributed by atoms with E-state index in [1.807, 2.05) is 0 Å². The Balaban J connectivity index is 3.34. The van der Waals surface area contributed by atoms with Crippen molar-refractivity contribution < 1.29 is 0 Å². The normalized spacial score (nSPS) is 12.8. The van der Waals surface area contributed by atoms with E-state index in [2.05, 4.69) is 45.0 Å². The number of rotatable bonds is 30. The summed E-state index contributed by atoms with van der Waals surface area (Å²) < 4.78 is 0. The molecule has 1 nitrogen and oxygen atoms in total. The first-order chi connectivity index (χ1) is 17.7. The second-order valence-corrected chi connectivity index (χ2v) is 12.0. The second-order valence-electron chi connectivity index (χ2n) is 12.0. The molecule has 0 aliphatic carbocycles. The minimum atomic E-state index is 0.816. The lowest BCUT2D eigenvalue weighted by Crippen LogP contribution is -2.27. The number of hydrogen-bond acceptors (Lipinski definition) is 1. The first-order valence-corrected chi connectivity index (χ1v) is 17.0. The van der Waals surface area contributed by atoms with Gasteiger partial charge < -0.3 is 4.90 Å². The maximum atomic E-state index is 2.49. The number of hydrogen-bond donors (Lipinski definition) is 0. The Kier molecular flexibility index (Phi) is 30.7. The summed E-state index contributed by atoms with van der Waals surface area (Å²) in [5.41, 5.74) is 0. The molecule has 36 heavy (non-hydrogen) atoms. The minimum Gasteiger partial charge on any atom is -0.306 e. The molecular formula is C35H71N. The Hall–Kier alpha value is -0.300. The zero-order chi connectivity index (χ0) is 26.4. The lowest BCUT2D eigenvalue weighted by atomic mass is 9.99. The molecule has 0 saturated carbocycles. The van der Waals surface area contributed by atoms with Crippen LogP contribution in [0.15, 0.2) is 12.2 Å². The molecule has 0 spiro atoms. The summed E-state index contributed by atoms with van der Waals surface area (Å²) in [6.45, 7) is 4.60. The summed E-state index contributed by atoms with van der Waals surface area (Å²) in [5.74, 6) is 0. The van der Waals surface area contributed by atoms with Crippen molar-refractivity contribution in [1.29, 1.82) is 0 Å². The van der Waals surface area contributed by atoms with E-state index in [1.165, 1.54) is 180 Å². The van der Waals surface area contributed by atoms with Crippen LogP contribution >= 0.6 is 0 Å². The van der Waals surface area contributed by atoms with Crippen molar-refractivity contribution in [3.8, 4) is 0 Å². The molecule has 1 atom stereocenters. The molecule has 0 heterocycles. The summed E-state index contributed by atoms with van der Waals surface area (Å²) in [4.78, 5) is 2.49. The third-order valence-corrected chi connectivity index (χ3v) is 8.17. The molecule has 0 amide bonds. The molecule has 0 aromatic carbocycles. The average Bonchev–Trinajstić information content (AvgIpc) is 2.87. The third kappa shape index (κ3) is 28.3. The molecule has 0 N–H and O–H groups in total. The van der Waals surface area contributed by atoms with Crippen LogP contribution in [0.2, 0.25) is 0 Å². The highest BCUT2D eigenvalue weighted by Crippen LogP contribution is 2.18. The fourth-order valence-electron chi connectivity index (χ4n) is 5.51. The molecule has 1 heteroatoms. The first-order valence-electron chi connectivity index (χ1n) is 17.0. The molecule has 0 saturated heterocycles. The molecule has 0 fully saturated rings. The van der Waals surface area contributed by atoms with Gasteiger partial charge in [0.25, 0.3) is 0 Å². The highest BCUT2D eigenvalue weighted by molar-refractivity contribution is 4.81. The molecule has 0 aliphatic heterocycles. The van der Waals surface area contributed by atoms with Gasteiger partial charge in [0, 0.05) is 6.04 Å². The van der Waals surface area contributed by atoms with E-state index in [4.69, 9.17) is 0 Å². The van der Waals surface area contributed by atoms with Gasteiger partial charge in [0.15, 0.2) is 0 Å². The molecule has 0 radical (unpaired) electrons. The Bertz CT molecular complexity index is 413. The van der Waals surface area contributed by atoms with Gasteiger partial charge >= 0.3 is 0 Å². The Labute approximate surface area is 230 Å². The largest absolute Gasteiger partial charge is 0.306 e. The maximum absolute atomic E-state index is 2.49. The van der Waals surface area contributed by atoms with E-state index in [0.717, 1.165) is 6.04 Å². The van der Waals surface area contributed by atoms with Crippen molar-refractivity contribution in [1.82, 2.24) is 4.90 Å². The van der Waals surface area contributed by atoms with Crippen LogP contribution in [0, 0.1) is 0 Å². The lowest BCUT2D eigenvalue weighted by molar-refractivity contribution is 0.251. The number of allylic oxidation sites excluding steroid dienone is 2. The second kappa shape index (κ2) is 30.9. The molecular weight excluding hydrogens is 434 g/mol. The van der Waals surface area contributed by atoms with Crippen molar-refractivity contribution in [2.24, 2.45) is 0 Å². The van der Waals surface area contributed by atoms with Gasteiger partial charge in [-0.2, -0.15) is 0 Å². The van der Waals surface area contributed by atoms with Crippen LogP contribution in [0.25, 0.3) is 0 Å². The Morgan fingerprint density at radius 1 is 0.389 bits per heavy atom. The van der Waals surface area contributed by atoms with Gasteiger partial charge in [0.1, 0.15) is 0 Å². The van der Waals surface area contributed by atoms with Crippen LogP contribution in [0.4, 0.5) is 0 Å². The van der Waals surface area contributed by atoms with Crippen LogP contribution in [0.3, 0.4) is 0 Å². The van der Waals surface area contributed by atoms with E-state index < -0.39 is 0 Å². The predicted octanol–water partition coefficient (Wildman–Crippen LogP) is 12.4. The zero-order valence-electron chi connectivity index (χ0n) is 26.0. The van der Waals surface area contributed by atoms with Gasteiger partial charge in [-0.05, 0) is 52.6 Å². The fourth-order valence-corrected chi connectivity index (χ4v) is 5.51. The van der Waals surface area contributed by atoms with Crippen molar-refractivity contribution in [3.63, 3.8) is 0 Å². The van der Waals surface area contributed by atoms with Crippen LogP contribution in [-0.4, -0.2) is 25.0 Å². The SMILES string of the molecule is CCCCCCCC/C=C\CCCCCCCCCCCCCC(CCCCCCCCC)N(C)C. The first kappa shape index (κ1) is 35.7.